The highest BCUT2D eigenvalue weighted by Gasteiger charge is 2.42. The van der Waals surface area contributed by atoms with E-state index in [4.69, 9.17) is 9.47 Å². The zero-order valence-electron chi connectivity index (χ0n) is 11.3. The van der Waals surface area contributed by atoms with Crippen LogP contribution in [0, 0.1) is 0 Å². The Morgan fingerprint density at radius 1 is 1.00 bits per heavy atom. The van der Waals surface area contributed by atoms with Crippen molar-refractivity contribution in [1.29, 1.82) is 0 Å². The molecule has 1 aliphatic heterocycles. The summed E-state index contributed by atoms with van der Waals surface area (Å²) in [7, 11) is 0. The summed E-state index contributed by atoms with van der Waals surface area (Å²) in [5.74, 6) is 0. The third-order valence-corrected chi connectivity index (χ3v) is 6.76. The van der Waals surface area contributed by atoms with Crippen molar-refractivity contribution in [3.05, 3.63) is 59.2 Å². The van der Waals surface area contributed by atoms with E-state index in [-0.39, 0.29) is 5.01 Å². The number of benzene rings is 2. The molecule has 2 unspecified atom stereocenters. The molecule has 2 atom stereocenters. The first-order chi connectivity index (χ1) is 10.2. The van der Waals surface area contributed by atoms with Crippen molar-refractivity contribution in [3.8, 4) is 11.1 Å². The van der Waals surface area contributed by atoms with Gasteiger partial charge in [-0.15, -0.1) is 0 Å². The number of halogens is 2. The Morgan fingerprint density at radius 2 is 1.81 bits per heavy atom. The van der Waals surface area contributed by atoms with Gasteiger partial charge >= 0.3 is 0 Å². The van der Waals surface area contributed by atoms with Crippen molar-refractivity contribution in [3.63, 3.8) is 0 Å². The quantitative estimate of drug-likeness (QED) is 0.548. The Balaban J connectivity index is 1.76. The van der Waals surface area contributed by atoms with Crippen LogP contribution in [0.3, 0.4) is 0 Å². The van der Waals surface area contributed by atoms with Crippen LogP contribution in [-0.2, 0) is 20.4 Å². The second-order valence-corrected chi connectivity index (χ2v) is 7.40. The van der Waals surface area contributed by atoms with Gasteiger partial charge < -0.3 is 9.47 Å². The van der Waals surface area contributed by atoms with Crippen LogP contribution in [0.4, 0.5) is 0 Å². The zero-order chi connectivity index (χ0) is 14.4. The van der Waals surface area contributed by atoms with Crippen molar-refractivity contribution in [2.45, 2.75) is 15.9 Å². The van der Waals surface area contributed by atoms with Gasteiger partial charge in [-0.25, -0.2) is 0 Å². The summed E-state index contributed by atoms with van der Waals surface area (Å²) in [6.07, 6.45) is 0.982. The van der Waals surface area contributed by atoms with Gasteiger partial charge in [-0.05, 0) is 50.2 Å². The molecule has 0 spiro atoms. The lowest BCUT2D eigenvalue weighted by molar-refractivity contribution is -0.120. The summed E-state index contributed by atoms with van der Waals surface area (Å²) < 4.78 is 11.0. The minimum absolute atomic E-state index is 0.194. The second kappa shape index (κ2) is 5.20. The molecule has 2 aromatic rings. The zero-order valence-corrected chi connectivity index (χ0v) is 14.5. The Hall–Kier alpha value is -0.680. The highest BCUT2D eigenvalue weighted by molar-refractivity contribution is 9.12. The molecule has 1 saturated heterocycles. The Bertz CT molecular complexity index is 701. The molecule has 1 heterocycles. The molecule has 2 nitrogen and oxygen atoms in total. The van der Waals surface area contributed by atoms with Crippen LogP contribution in [0.1, 0.15) is 16.7 Å². The summed E-state index contributed by atoms with van der Waals surface area (Å²) in [6.45, 7) is 1.20. The van der Waals surface area contributed by atoms with Crippen LogP contribution in [0.15, 0.2) is 42.5 Å². The van der Waals surface area contributed by atoms with E-state index in [1.165, 1.54) is 22.3 Å². The van der Waals surface area contributed by atoms with Crippen molar-refractivity contribution in [1.82, 2.24) is 0 Å². The molecule has 4 rings (SSSR count). The van der Waals surface area contributed by atoms with Crippen molar-refractivity contribution < 1.29 is 9.47 Å². The number of fused-ring (bicyclic) bond motifs is 3. The number of ether oxygens (including phenoxy) is 2. The lowest BCUT2D eigenvalue weighted by atomic mass is 10.0. The molecule has 0 saturated carbocycles. The van der Waals surface area contributed by atoms with Crippen LogP contribution in [0.25, 0.3) is 11.1 Å². The molecule has 1 aliphatic carbocycles. The Labute approximate surface area is 140 Å². The molecular weight excluding hydrogens is 396 g/mol. The van der Waals surface area contributed by atoms with Crippen molar-refractivity contribution in [2.24, 2.45) is 0 Å². The van der Waals surface area contributed by atoms with E-state index in [9.17, 15) is 0 Å². The summed E-state index contributed by atoms with van der Waals surface area (Å²) in [4.78, 5) is 0. The SMILES string of the molecule is BrC1OCCOC1(Br)c1ccc2c(c1)Cc1ccccc1-2. The van der Waals surface area contributed by atoms with Crippen LogP contribution in [-0.4, -0.2) is 18.2 Å². The van der Waals surface area contributed by atoms with Gasteiger partial charge in [0.25, 0.3) is 0 Å². The lowest BCUT2D eigenvalue weighted by Gasteiger charge is -2.37. The standard InChI is InChI=1S/C17H14Br2O2/c18-16-17(19,21-8-7-20-16)13-5-6-15-12(10-13)9-11-3-1-2-4-14(11)15/h1-6,10,16H,7-9H2. The van der Waals surface area contributed by atoms with Gasteiger partial charge in [-0.1, -0.05) is 58.4 Å². The predicted molar refractivity (Wildman–Crippen MR) is 89.9 cm³/mol. The highest BCUT2D eigenvalue weighted by Crippen LogP contribution is 2.45. The van der Waals surface area contributed by atoms with E-state index in [1.807, 2.05) is 0 Å². The molecule has 4 heteroatoms. The van der Waals surface area contributed by atoms with E-state index in [0.717, 1.165) is 12.0 Å². The molecule has 0 amide bonds. The summed E-state index contributed by atoms with van der Waals surface area (Å²) in [5.41, 5.74) is 6.51. The van der Waals surface area contributed by atoms with Gasteiger partial charge in [0, 0.05) is 0 Å². The molecular formula is C17H14Br2O2. The lowest BCUT2D eigenvalue weighted by Crippen LogP contribution is -2.40. The summed E-state index contributed by atoms with van der Waals surface area (Å²) >= 11 is 7.28. The second-order valence-electron chi connectivity index (χ2n) is 5.39. The molecule has 0 bridgehead atoms. The van der Waals surface area contributed by atoms with E-state index in [2.05, 4.69) is 74.3 Å². The number of hydrogen-bond donors (Lipinski definition) is 0. The first-order valence-corrected chi connectivity index (χ1v) is 8.69. The van der Waals surface area contributed by atoms with Crippen LogP contribution in [0.5, 0.6) is 0 Å². The average Bonchev–Trinajstić information content (AvgIpc) is 2.88. The predicted octanol–water partition coefficient (Wildman–Crippen LogP) is 4.57. The van der Waals surface area contributed by atoms with E-state index >= 15 is 0 Å². The topological polar surface area (TPSA) is 18.5 Å². The first-order valence-electron chi connectivity index (χ1n) is 6.99. The van der Waals surface area contributed by atoms with E-state index in [0.29, 0.717) is 13.2 Å². The maximum atomic E-state index is 5.95. The molecule has 2 aromatic carbocycles. The average molecular weight is 410 g/mol. The van der Waals surface area contributed by atoms with Crippen LogP contribution >= 0.6 is 31.9 Å². The van der Waals surface area contributed by atoms with Crippen molar-refractivity contribution >= 4 is 31.9 Å². The third kappa shape index (κ3) is 2.20. The molecule has 108 valence electrons. The van der Waals surface area contributed by atoms with E-state index < -0.39 is 4.51 Å². The van der Waals surface area contributed by atoms with Gasteiger partial charge in [-0.3, -0.25) is 0 Å². The molecule has 1 fully saturated rings. The maximum Gasteiger partial charge on any atom is 0.184 e. The smallest absolute Gasteiger partial charge is 0.184 e. The minimum Gasteiger partial charge on any atom is -0.360 e. The van der Waals surface area contributed by atoms with Gasteiger partial charge in [0.1, 0.15) is 0 Å². The monoisotopic (exact) mass is 408 g/mol. The highest BCUT2D eigenvalue weighted by atomic mass is 79.9. The largest absolute Gasteiger partial charge is 0.360 e. The normalized spacial score (nSPS) is 27.2. The van der Waals surface area contributed by atoms with Crippen LogP contribution < -0.4 is 0 Å². The van der Waals surface area contributed by atoms with Crippen molar-refractivity contribution in [2.75, 3.05) is 13.2 Å². The fraction of sp³-hybridized carbons (Fsp3) is 0.294. The number of hydrogen-bond acceptors (Lipinski definition) is 2. The molecule has 0 radical (unpaired) electrons. The Kier molecular flexibility index (Phi) is 3.45. The fourth-order valence-corrected chi connectivity index (χ4v) is 4.21. The molecule has 2 aliphatic rings. The van der Waals surface area contributed by atoms with E-state index in [1.54, 1.807) is 0 Å². The Morgan fingerprint density at radius 3 is 2.67 bits per heavy atom. The van der Waals surface area contributed by atoms with Gasteiger partial charge in [0.05, 0.1) is 13.2 Å². The fourth-order valence-electron chi connectivity index (χ4n) is 3.09. The summed E-state index contributed by atoms with van der Waals surface area (Å²) in [6, 6.07) is 15.1. The molecule has 0 N–H and O–H groups in total. The van der Waals surface area contributed by atoms with Gasteiger partial charge in [0.15, 0.2) is 9.52 Å². The molecule has 0 aromatic heterocycles. The third-order valence-electron chi connectivity index (χ3n) is 4.14. The summed E-state index contributed by atoms with van der Waals surface area (Å²) in [5, 5.41) is -0.194. The first kappa shape index (κ1) is 13.9. The number of rotatable bonds is 1. The number of alkyl halides is 2. The van der Waals surface area contributed by atoms with Gasteiger partial charge in [-0.2, -0.15) is 0 Å². The van der Waals surface area contributed by atoms with Crippen LogP contribution in [0.2, 0.25) is 0 Å². The minimum atomic E-state index is -0.616. The molecule has 21 heavy (non-hydrogen) atoms. The maximum absolute atomic E-state index is 5.95. The van der Waals surface area contributed by atoms with Gasteiger partial charge in [0.2, 0.25) is 0 Å².